The minimum Gasteiger partial charge on any atom is -0.326 e. The van der Waals surface area contributed by atoms with Crippen molar-refractivity contribution in [2.75, 3.05) is 11.9 Å². The van der Waals surface area contributed by atoms with Crippen molar-refractivity contribution in [3.8, 4) is 0 Å². The Kier molecular flexibility index (Phi) is 5.28. The Morgan fingerprint density at radius 3 is 1.78 bits per heavy atom. The van der Waals surface area contributed by atoms with E-state index in [0.29, 0.717) is 10.7 Å². The van der Waals surface area contributed by atoms with Crippen LogP contribution in [0, 0.1) is 18.8 Å². The summed E-state index contributed by atoms with van der Waals surface area (Å²) >= 11 is 20.9. The molecule has 1 heterocycles. The van der Waals surface area contributed by atoms with Crippen LogP contribution in [0.25, 0.3) is 0 Å². The van der Waals surface area contributed by atoms with Gasteiger partial charge < -0.3 is 5.32 Å². The molecule has 4 aliphatic rings. The Bertz CT molecular complexity index is 1350. The monoisotopic (exact) mass is 538 g/mol. The Labute approximate surface area is 223 Å². The number of nitrogens with one attached hydrogen (secondary N) is 1. The molecule has 2 atom stereocenters. The fourth-order valence-electron chi connectivity index (χ4n) is 6.11. The summed E-state index contributed by atoms with van der Waals surface area (Å²) in [6, 6.07) is 20.2. The summed E-state index contributed by atoms with van der Waals surface area (Å²) in [5, 5.41) is 3.35. The van der Waals surface area contributed by atoms with Crippen LogP contribution in [-0.2, 0) is 24.1 Å². The normalized spacial score (nSPS) is 27.5. The molecule has 0 radical (unpaired) electrons. The van der Waals surface area contributed by atoms with Crippen molar-refractivity contribution < 1.29 is 14.4 Å². The molecule has 36 heavy (non-hydrogen) atoms. The lowest BCUT2D eigenvalue weighted by Crippen LogP contribution is -2.57. The number of amides is 3. The molecule has 0 unspecified atom stereocenters. The van der Waals surface area contributed by atoms with Crippen LogP contribution >= 0.6 is 34.8 Å². The average molecular weight is 540 g/mol. The molecule has 1 fully saturated rings. The molecule has 0 spiro atoms. The quantitative estimate of drug-likeness (QED) is 0.348. The highest BCUT2D eigenvalue weighted by molar-refractivity contribution is 6.36. The molecule has 3 aliphatic carbocycles. The van der Waals surface area contributed by atoms with Crippen LogP contribution in [0.4, 0.5) is 5.69 Å². The van der Waals surface area contributed by atoms with E-state index >= 15 is 0 Å². The Morgan fingerprint density at radius 1 is 0.833 bits per heavy atom. The van der Waals surface area contributed by atoms with Crippen molar-refractivity contribution in [2.24, 2.45) is 11.8 Å². The van der Waals surface area contributed by atoms with Crippen LogP contribution in [0.1, 0.15) is 34.2 Å². The van der Waals surface area contributed by atoms with Gasteiger partial charge in [0.2, 0.25) is 17.7 Å². The molecule has 3 aromatic carbocycles. The van der Waals surface area contributed by atoms with E-state index < -0.39 is 33.4 Å². The zero-order chi connectivity index (χ0) is 25.4. The van der Waals surface area contributed by atoms with E-state index in [1.165, 1.54) is 0 Å². The van der Waals surface area contributed by atoms with E-state index in [1.54, 1.807) is 25.1 Å². The van der Waals surface area contributed by atoms with Crippen LogP contribution in [0.3, 0.4) is 0 Å². The van der Waals surface area contributed by atoms with Crippen LogP contribution in [-0.4, -0.2) is 29.2 Å². The molecule has 1 saturated heterocycles. The molecular formula is C28H21Cl3N2O3. The second-order valence-electron chi connectivity index (χ2n) is 9.51. The predicted molar refractivity (Wildman–Crippen MR) is 139 cm³/mol. The lowest BCUT2D eigenvalue weighted by Gasteiger charge is -2.54. The summed E-state index contributed by atoms with van der Waals surface area (Å²) < 4.78 is 0. The number of likely N-dealkylation sites (tertiary alicyclic amines) is 1. The maximum atomic E-state index is 13.8. The topological polar surface area (TPSA) is 66.5 Å². The molecule has 2 bridgehead atoms. The van der Waals surface area contributed by atoms with Crippen LogP contribution < -0.4 is 5.32 Å². The maximum Gasteiger partial charge on any atom is 0.235 e. The van der Waals surface area contributed by atoms with E-state index in [9.17, 15) is 14.4 Å². The standard InChI is InChI=1S/C28H21Cl3N2O3/c1-15-20(29)11-6-12-21(15)32-22(34)13-14-33-25(35)23-24(26(33)36)28(31)17-8-3-2-7-16(17)27(23,30)18-9-4-5-10-19(18)28/h2-12,23-24H,13-14H2,1H3,(H,32,34)/t23-,24-,27?,28?/m1/s1. The zero-order valence-corrected chi connectivity index (χ0v) is 21.5. The van der Waals surface area contributed by atoms with Gasteiger partial charge in [-0.25, -0.2) is 0 Å². The van der Waals surface area contributed by atoms with Crippen molar-refractivity contribution in [1.29, 1.82) is 0 Å². The number of imide groups is 1. The second-order valence-corrected chi connectivity index (χ2v) is 11.1. The lowest BCUT2D eigenvalue weighted by atomic mass is 9.54. The van der Waals surface area contributed by atoms with Gasteiger partial charge in [0.15, 0.2) is 0 Å². The summed E-state index contributed by atoms with van der Waals surface area (Å²) in [5.74, 6) is -2.87. The number of carbonyl (C=O) groups excluding carboxylic acids is 3. The third-order valence-electron chi connectivity index (χ3n) is 7.78. The number of alkyl halides is 2. The molecule has 0 saturated carbocycles. The molecule has 1 N–H and O–H groups in total. The number of hydrogen-bond donors (Lipinski definition) is 1. The molecule has 182 valence electrons. The summed E-state index contributed by atoms with van der Waals surface area (Å²) in [6.07, 6.45) is -0.0622. The SMILES string of the molecule is Cc1c(Cl)cccc1NC(=O)CCN1C(=O)[C@H]2[C@H](C1=O)C1(Cl)c3ccccc3C2(Cl)c2ccccc21. The molecule has 3 amide bonds. The number of hydrogen-bond acceptors (Lipinski definition) is 3. The minimum absolute atomic E-state index is 0.0622. The van der Waals surface area contributed by atoms with Crippen molar-refractivity contribution in [3.63, 3.8) is 0 Å². The van der Waals surface area contributed by atoms with Crippen LogP contribution in [0.15, 0.2) is 66.7 Å². The van der Waals surface area contributed by atoms with Gasteiger partial charge in [-0.05, 0) is 46.9 Å². The third kappa shape index (κ3) is 2.94. The Hall–Kier alpha value is -2.86. The van der Waals surface area contributed by atoms with Gasteiger partial charge in [0.1, 0.15) is 9.75 Å². The molecule has 7 rings (SSSR count). The summed E-state index contributed by atoms with van der Waals surface area (Å²) in [7, 11) is 0. The molecule has 5 nitrogen and oxygen atoms in total. The fraction of sp³-hybridized carbons (Fsp3) is 0.250. The molecule has 0 aromatic heterocycles. The van der Waals surface area contributed by atoms with E-state index in [1.807, 2.05) is 48.5 Å². The fourth-order valence-corrected chi connectivity index (χ4v) is 7.39. The van der Waals surface area contributed by atoms with E-state index in [4.69, 9.17) is 34.8 Å². The van der Waals surface area contributed by atoms with Gasteiger partial charge in [0, 0.05) is 23.7 Å². The smallest absolute Gasteiger partial charge is 0.235 e. The third-order valence-corrected chi connectivity index (χ3v) is 9.47. The van der Waals surface area contributed by atoms with Crippen molar-refractivity contribution in [3.05, 3.63) is 99.6 Å². The largest absolute Gasteiger partial charge is 0.326 e. The van der Waals surface area contributed by atoms with E-state index in [2.05, 4.69) is 5.32 Å². The van der Waals surface area contributed by atoms with E-state index in [-0.39, 0.29) is 18.9 Å². The number of halogens is 3. The second kappa shape index (κ2) is 8.07. The zero-order valence-electron chi connectivity index (χ0n) is 19.2. The number of carbonyl (C=O) groups is 3. The summed E-state index contributed by atoms with van der Waals surface area (Å²) in [5.41, 5.74) is 4.32. The molecule has 8 heteroatoms. The number of anilines is 1. The highest BCUT2D eigenvalue weighted by atomic mass is 35.5. The number of nitrogens with zero attached hydrogens (tertiary/aromatic N) is 1. The van der Waals surface area contributed by atoms with E-state index in [0.717, 1.165) is 32.7 Å². The predicted octanol–water partition coefficient (Wildman–Crippen LogP) is 5.57. The maximum absolute atomic E-state index is 13.8. The number of rotatable bonds is 4. The molecule has 3 aromatic rings. The first-order valence-electron chi connectivity index (χ1n) is 11.7. The first-order valence-corrected chi connectivity index (χ1v) is 12.8. The van der Waals surface area contributed by atoms with Crippen molar-refractivity contribution >= 4 is 58.2 Å². The summed E-state index contributed by atoms with van der Waals surface area (Å²) in [6.45, 7) is 1.74. The Balaban J connectivity index is 1.34. The average Bonchev–Trinajstić information content (AvgIpc) is 3.14. The van der Waals surface area contributed by atoms with Crippen LogP contribution in [0.2, 0.25) is 5.02 Å². The minimum atomic E-state index is -1.23. The first kappa shape index (κ1) is 23.5. The number of benzene rings is 3. The van der Waals surface area contributed by atoms with Crippen molar-refractivity contribution in [1.82, 2.24) is 4.90 Å². The van der Waals surface area contributed by atoms with Gasteiger partial charge in [-0.3, -0.25) is 19.3 Å². The van der Waals surface area contributed by atoms with Gasteiger partial charge in [0.25, 0.3) is 0 Å². The van der Waals surface area contributed by atoms with Gasteiger partial charge in [-0.1, -0.05) is 66.2 Å². The van der Waals surface area contributed by atoms with Gasteiger partial charge in [-0.15, -0.1) is 23.2 Å². The van der Waals surface area contributed by atoms with Gasteiger partial charge in [0.05, 0.1) is 11.8 Å². The summed E-state index contributed by atoms with van der Waals surface area (Å²) in [4.78, 5) is 39.0. The molecule has 1 aliphatic heterocycles. The Morgan fingerprint density at radius 2 is 1.31 bits per heavy atom. The van der Waals surface area contributed by atoms with Crippen LogP contribution in [0.5, 0.6) is 0 Å². The first-order chi connectivity index (χ1) is 17.2. The highest BCUT2D eigenvalue weighted by Crippen LogP contribution is 2.69. The lowest BCUT2D eigenvalue weighted by molar-refractivity contribution is -0.140. The van der Waals surface area contributed by atoms with Crippen molar-refractivity contribution in [2.45, 2.75) is 23.1 Å². The van der Waals surface area contributed by atoms with Gasteiger partial charge in [-0.2, -0.15) is 0 Å². The molecular weight excluding hydrogens is 519 g/mol. The van der Waals surface area contributed by atoms with Gasteiger partial charge >= 0.3 is 0 Å². The highest BCUT2D eigenvalue weighted by Gasteiger charge is 2.72.